The van der Waals surface area contributed by atoms with E-state index in [1.54, 1.807) is 0 Å². The summed E-state index contributed by atoms with van der Waals surface area (Å²) >= 11 is 3.10. The van der Waals surface area contributed by atoms with Crippen LogP contribution in [-0.4, -0.2) is 57.0 Å². The SMILES string of the molecule is COC(=O)CN(CC(=O)OC)S(=O)(=O)c1cncc(Br)c1. The van der Waals surface area contributed by atoms with Gasteiger partial charge in [0.05, 0.1) is 14.2 Å². The fourth-order valence-electron chi connectivity index (χ4n) is 1.33. The zero-order chi connectivity index (χ0) is 16.0. The molecule has 21 heavy (non-hydrogen) atoms. The van der Waals surface area contributed by atoms with Crippen molar-refractivity contribution in [1.82, 2.24) is 9.29 Å². The number of hydrogen-bond donors (Lipinski definition) is 0. The van der Waals surface area contributed by atoms with Crippen LogP contribution in [0.2, 0.25) is 0 Å². The molecule has 0 fully saturated rings. The van der Waals surface area contributed by atoms with Gasteiger partial charge in [0.25, 0.3) is 0 Å². The summed E-state index contributed by atoms with van der Waals surface area (Å²) < 4.78 is 34.8. The molecule has 0 aliphatic rings. The van der Waals surface area contributed by atoms with Crippen LogP contribution in [-0.2, 0) is 29.1 Å². The number of ether oxygens (including phenoxy) is 2. The minimum absolute atomic E-state index is 0.162. The molecular formula is C11H13BrN2O6S. The topological polar surface area (TPSA) is 103 Å². The number of sulfonamides is 1. The lowest BCUT2D eigenvalue weighted by atomic mass is 10.5. The predicted molar refractivity (Wildman–Crippen MR) is 74.7 cm³/mol. The van der Waals surface area contributed by atoms with Crippen molar-refractivity contribution in [3.63, 3.8) is 0 Å². The molecule has 10 heteroatoms. The summed E-state index contributed by atoms with van der Waals surface area (Å²) in [6, 6.07) is 1.31. The molecule has 0 spiro atoms. The van der Waals surface area contributed by atoms with Gasteiger partial charge >= 0.3 is 11.9 Å². The molecule has 0 aliphatic heterocycles. The van der Waals surface area contributed by atoms with Gasteiger partial charge in [0.2, 0.25) is 10.0 Å². The predicted octanol–water partition coefficient (Wildman–Crippen LogP) is 0.181. The molecule has 0 amide bonds. The third kappa shape index (κ3) is 4.76. The molecular weight excluding hydrogens is 368 g/mol. The number of carbonyl (C=O) groups excluding carboxylic acids is 2. The van der Waals surface area contributed by atoms with Crippen LogP contribution in [0.3, 0.4) is 0 Å². The number of methoxy groups -OCH3 is 2. The van der Waals surface area contributed by atoms with Crippen LogP contribution < -0.4 is 0 Å². The van der Waals surface area contributed by atoms with Gasteiger partial charge in [-0.25, -0.2) is 8.42 Å². The number of pyridine rings is 1. The summed E-state index contributed by atoms with van der Waals surface area (Å²) in [6.45, 7) is -1.22. The van der Waals surface area contributed by atoms with Gasteiger partial charge in [-0.3, -0.25) is 14.6 Å². The third-order valence-electron chi connectivity index (χ3n) is 2.38. The Bertz CT molecular complexity index is 615. The van der Waals surface area contributed by atoms with E-state index in [-0.39, 0.29) is 4.90 Å². The Labute approximate surface area is 130 Å². The monoisotopic (exact) mass is 380 g/mol. The number of esters is 2. The van der Waals surface area contributed by atoms with E-state index < -0.39 is 35.1 Å². The van der Waals surface area contributed by atoms with Crippen molar-refractivity contribution >= 4 is 37.9 Å². The van der Waals surface area contributed by atoms with E-state index in [1.165, 1.54) is 12.3 Å². The Morgan fingerprint density at radius 3 is 2.14 bits per heavy atom. The van der Waals surface area contributed by atoms with Crippen molar-refractivity contribution in [2.24, 2.45) is 0 Å². The lowest BCUT2D eigenvalue weighted by molar-refractivity contribution is -0.143. The molecule has 1 aromatic rings. The van der Waals surface area contributed by atoms with Crippen molar-refractivity contribution < 1.29 is 27.5 Å². The van der Waals surface area contributed by atoms with Crippen molar-refractivity contribution in [2.45, 2.75) is 4.90 Å². The largest absolute Gasteiger partial charge is 0.468 e. The zero-order valence-corrected chi connectivity index (χ0v) is 13.7. The van der Waals surface area contributed by atoms with Gasteiger partial charge < -0.3 is 9.47 Å². The first kappa shape index (κ1) is 17.5. The molecule has 0 atom stereocenters. The fourth-order valence-corrected chi connectivity index (χ4v) is 3.16. The second-order valence-corrected chi connectivity index (χ2v) is 6.62. The van der Waals surface area contributed by atoms with E-state index in [0.717, 1.165) is 20.4 Å². The summed E-state index contributed by atoms with van der Waals surface area (Å²) in [5.41, 5.74) is 0. The maximum Gasteiger partial charge on any atom is 0.321 e. The summed E-state index contributed by atoms with van der Waals surface area (Å²) in [6.07, 6.45) is 2.52. The molecule has 0 saturated heterocycles. The van der Waals surface area contributed by atoms with Gasteiger partial charge in [0.15, 0.2) is 0 Å². The number of carbonyl (C=O) groups is 2. The molecule has 8 nitrogen and oxygen atoms in total. The average Bonchev–Trinajstić information content (AvgIpc) is 2.46. The second kappa shape index (κ2) is 7.48. The second-order valence-electron chi connectivity index (χ2n) is 3.76. The van der Waals surface area contributed by atoms with Crippen LogP contribution in [0.5, 0.6) is 0 Å². The first-order valence-electron chi connectivity index (χ1n) is 5.55. The average molecular weight is 381 g/mol. The highest BCUT2D eigenvalue weighted by Crippen LogP contribution is 2.18. The Balaban J connectivity index is 3.16. The van der Waals surface area contributed by atoms with Gasteiger partial charge in [0.1, 0.15) is 18.0 Å². The number of hydrogen-bond acceptors (Lipinski definition) is 7. The smallest absolute Gasteiger partial charge is 0.321 e. The maximum atomic E-state index is 12.4. The lowest BCUT2D eigenvalue weighted by Crippen LogP contribution is -2.40. The van der Waals surface area contributed by atoms with Crippen LogP contribution in [0, 0.1) is 0 Å². The van der Waals surface area contributed by atoms with Crippen molar-refractivity contribution in [2.75, 3.05) is 27.3 Å². The quantitative estimate of drug-likeness (QED) is 0.648. The Morgan fingerprint density at radius 1 is 1.19 bits per heavy atom. The highest BCUT2D eigenvalue weighted by Gasteiger charge is 2.29. The third-order valence-corrected chi connectivity index (χ3v) is 4.57. The van der Waals surface area contributed by atoms with E-state index in [2.05, 4.69) is 30.4 Å². The minimum Gasteiger partial charge on any atom is -0.468 e. The van der Waals surface area contributed by atoms with E-state index in [0.29, 0.717) is 8.78 Å². The molecule has 0 radical (unpaired) electrons. The van der Waals surface area contributed by atoms with E-state index in [1.807, 2.05) is 0 Å². The highest BCUT2D eigenvalue weighted by molar-refractivity contribution is 9.10. The molecule has 0 aliphatic carbocycles. The van der Waals surface area contributed by atoms with Crippen LogP contribution in [0.15, 0.2) is 27.8 Å². The van der Waals surface area contributed by atoms with Crippen LogP contribution >= 0.6 is 15.9 Å². The molecule has 1 rings (SSSR count). The molecule has 1 heterocycles. The van der Waals surface area contributed by atoms with Gasteiger partial charge in [-0.1, -0.05) is 0 Å². The van der Waals surface area contributed by atoms with Crippen LogP contribution in [0.1, 0.15) is 0 Å². The standard InChI is InChI=1S/C11H13BrN2O6S/c1-19-10(15)6-14(7-11(16)20-2)21(17,18)9-3-8(12)4-13-5-9/h3-5H,6-7H2,1-2H3. The van der Waals surface area contributed by atoms with E-state index in [4.69, 9.17) is 0 Å². The molecule has 116 valence electrons. The van der Waals surface area contributed by atoms with Gasteiger partial charge in [-0.2, -0.15) is 4.31 Å². The van der Waals surface area contributed by atoms with E-state index in [9.17, 15) is 18.0 Å². The van der Waals surface area contributed by atoms with Crippen LogP contribution in [0.25, 0.3) is 0 Å². The highest BCUT2D eigenvalue weighted by atomic mass is 79.9. The number of halogens is 1. The van der Waals surface area contributed by atoms with E-state index >= 15 is 0 Å². The molecule has 1 aromatic heterocycles. The Kier molecular flexibility index (Phi) is 6.24. The first-order valence-corrected chi connectivity index (χ1v) is 7.79. The van der Waals surface area contributed by atoms with Gasteiger partial charge in [-0.05, 0) is 22.0 Å². The van der Waals surface area contributed by atoms with Gasteiger partial charge in [-0.15, -0.1) is 0 Å². The molecule has 0 N–H and O–H groups in total. The lowest BCUT2D eigenvalue weighted by Gasteiger charge is -2.19. The van der Waals surface area contributed by atoms with Crippen molar-refractivity contribution in [3.8, 4) is 0 Å². The summed E-state index contributed by atoms with van der Waals surface area (Å²) in [4.78, 5) is 26.2. The summed E-state index contributed by atoms with van der Waals surface area (Å²) in [5.74, 6) is -1.60. The number of nitrogens with zero attached hydrogens (tertiary/aromatic N) is 2. The maximum absolute atomic E-state index is 12.4. The van der Waals surface area contributed by atoms with Crippen molar-refractivity contribution in [1.29, 1.82) is 0 Å². The minimum atomic E-state index is -4.09. The summed E-state index contributed by atoms with van der Waals surface area (Å²) in [7, 11) is -1.86. The zero-order valence-electron chi connectivity index (χ0n) is 11.3. The molecule has 0 aromatic carbocycles. The molecule has 0 bridgehead atoms. The Hall–Kier alpha value is -1.52. The number of aromatic nitrogens is 1. The first-order chi connectivity index (χ1) is 9.81. The van der Waals surface area contributed by atoms with Gasteiger partial charge in [0, 0.05) is 16.9 Å². The molecule has 0 saturated carbocycles. The fraction of sp³-hybridized carbons (Fsp3) is 0.364. The Morgan fingerprint density at radius 2 is 1.71 bits per heavy atom. The summed E-state index contributed by atoms with van der Waals surface area (Å²) in [5, 5.41) is 0. The normalized spacial score (nSPS) is 11.2. The van der Waals surface area contributed by atoms with Crippen LogP contribution in [0.4, 0.5) is 0 Å². The number of rotatable bonds is 6. The molecule has 0 unspecified atom stereocenters. The van der Waals surface area contributed by atoms with Crippen molar-refractivity contribution in [3.05, 3.63) is 22.9 Å².